The highest BCUT2D eigenvalue weighted by molar-refractivity contribution is 6.29. The van der Waals surface area contributed by atoms with Crippen LogP contribution in [-0.2, 0) is 10.3 Å². The van der Waals surface area contributed by atoms with Crippen LogP contribution in [-0.4, -0.2) is 28.7 Å². The first-order valence-corrected chi connectivity index (χ1v) is 7.98. The van der Waals surface area contributed by atoms with Gasteiger partial charge in [0, 0.05) is 17.7 Å². The average molecular weight is 380 g/mol. The molecule has 10 heteroatoms. The van der Waals surface area contributed by atoms with E-state index in [4.69, 9.17) is 26.8 Å². The van der Waals surface area contributed by atoms with Gasteiger partial charge in [-0.05, 0) is 25.1 Å². The summed E-state index contributed by atoms with van der Waals surface area (Å²) >= 11 is 5.61. The van der Waals surface area contributed by atoms with Gasteiger partial charge in [-0.25, -0.2) is 24.1 Å². The van der Waals surface area contributed by atoms with Crippen LogP contribution in [0.5, 0.6) is 5.88 Å². The zero-order valence-corrected chi connectivity index (χ0v) is 14.5. The summed E-state index contributed by atoms with van der Waals surface area (Å²) in [7, 11) is 0. The number of ether oxygens (including phenoxy) is 2. The van der Waals surface area contributed by atoms with E-state index in [0.29, 0.717) is 18.7 Å². The van der Waals surface area contributed by atoms with Gasteiger partial charge in [0.1, 0.15) is 11.0 Å². The van der Waals surface area contributed by atoms with Gasteiger partial charge in [0.15, 0.2) is 0 Å². The average Bonchev–Trinajstić information content (AvgIpc) is 2.58. The number of rotatable bonds is 3. The minimum Gasteiger partial charge on any atom is -0.465 e. The van der Waals surface area contributed by atoms with Crippen molar-refractivity contribution in [2.75, 3.05) is 11.9 Å². The molecule has 0 bridgehead atoms. The summed E-state index contributed by atoms with van der Waals surface area (Å²) in [6.45, 7) is 2.06. The van der Waals surface area contributed by atoms with Gasteiger partial charge >= 0.3 is 6.09 Å². The summed E-state index contributed by atoms with van der Waals surface area (Å²) in [5.41, 5.74) is 5.33. The second-order valence-electron chi connectivity index (χ2n) is 5.71. The summed E-state index contributed by atoms with van der Waals surface area (Å²) < 4.78 is 24.4. The molecule has 3 rings (SSSR count). The van der Waals surface area contributed by atoms with Gasteiger partial charge in [-0.1, -0.05) is 11.6 Å². The van der Waals surface area contributed by atoms with Crippen molar-refractivity contribution in [3.63, 3.8) is 0 Å². The van der Waals surface area contributed by atoms with Crippen LogP contribution in [0, 0.1) is 5.82 Å². The van der Waals surface area contributed by atoms with Gasteiger partial charge in [-0.15, -0.1) is 0 Å². The van der Waals surface area contributed by atoms with Gasteiger partial charge in [0.2, 0.25) is 5.88 Å². The lowest BCUT2D eigenvalue weighted by atomic mass is 9.88. The molecule has 0 radical (unpaired) electrons. The van der Waals surface area contributed by atoms with E-state index < -0.39 is 17.4 Å². The zero-order chi connectivity index (χ0) is 18.7. The molecule has 1 amide bonds. The number of amides is 1. The number of nitrogens with one attached hydrogen (secondary N) is 1. The Morgan fingerprint density at radius 3 is 2.92 bits per heavy atom. The van der Waals surface area contributed by atoms with Crippen LogP contribution in [0.3, 0.4) is 0 Å². The number of carbonyl (C=O) groups is 1. The maximum Gasteiger partial charge on any atom is 0.418 e. The zero-order valence-electron chi connectivity index (χ0n) is 13.7. The van der Waals surface area contributed by atoms with E-state index in [2.05, 4.69) is 20.3 Å². The molecule has 0 saturated carbocycles. The lowest BCUT2D eigenvalue weighted by Gasteiger charge is -2.30. The number of anilines is 1. The normalized spacial score (nSPS) is 19.3. The molecule has 2 aromatic rings. The maximum absolute atomic E-state index is 14.3. The van der Waals surface area contributed by atoms with Gasteiger partial charge < -0.3 is 15.2 Å². The number of benzene rings is 1. The lowest BCUT2D eigenvalue weighted by molar-refractivity contribution is 0.212. The third kappa shape index (κ3) is 3.99. The highest BCUT2D eigenvalue weighted by Crippen LogP contribution is 2.35. The molecule has 0 aliphatic carbocycles. The summed E-state index contributed by atoms with van der Waals surface area (Å²) in [4.78, 5) is 23.7. The molecular weight excluding hydrogens is 365 g/mol. The highest BCUT2D eigenvalue weighted by atomic mass is 35.5. The van der Waals surface area contributed by atoms with Crippen LogP contribution >= 0.6 is 11.6 Å². The molecule has 1 atom stereocenters. The van der Waals surface area contributed by atoms with Crippen LogP contribution in [0.25, 0.3) is 0 Å². The molecule has 0 saturated heterocycles. The Morgan fingerprint density at radius 1 is 1.42 bits per heavy atom. The van der Waals surface area contributed by atoms with Crippen LogP contribution in [0.4, 0.5) is 14.9 Å². The Bertz CT molecular complexity index is 861. The fourth-order valence-corrected chi connectivity index (χ4v) is 2.59. The number of amidine groups is 1. The molecule has 1 aromatic carbocycles. The molecule has 2 heterocycles. The van der Waals surface area contributed by atoms with Crippen molar-refractivity contribution in [3.8, 4) is 5.88 Å². The van der Waals surface area contributed by atoms with Crippen LogP contribution in [0.15, 0.2) is 35.6 Å². The minimum atomic E-state index is -0.893. The van der Waals surface area contributed by atoms with Gasteiger partial charge in [0.05, 0.1) is 24.5 Å². The number of nitrogens with zero attached hydrogens (tertiary/aromatic N) is 3. The highest BCUT2D eigenvalue weighted by Gasteiger charge is 2.33. The van der Waals surface area contributed by atoms with Crippen molar-refractivity contribution >= 4 is 29.4 Å². The van der Waals surface area contributed by atoms with Crippen molar-refractivity contribution in [2.24, 2.45) is 10.7 Å². The molecule has 8 nitrogen and oxygen atoms in total. The van der Waals surface area contributed by atoms with Crippen molar-refractivity contribution in [2.45, 2.75) is 18.9 Å². The Morgan fingerprint density at radius 2 is 2.23 bits per heavy atom. The van der Waals surface area contributed by atoms with Gasteiger partial charge in [0.25, 0.3) is 6.02 Å². The van der Waals surface area contributed by atoms with Crippen LogP contribution in [0.1, 0.15) is 18.9 Å². The number of hydrogen-bond donors (Lipinski definition) is 2. The number of hydrogen-bond acceptors (Lipinski definition) is 7. The van der Waals surface area contributed by atoms with E-state index in [1.807, 2.05) is 0 Å². The fraction of sp³-hybridized carbons (Fsp3) is 0.250. The van der Waals surface area contributed by atoms with E-state index in [-0.39, 0.29) is 22.6 Å². The molecular formula is C16H15ClFN5O3. The Kier molecular flexibility index (Phi) is 4.90. The number of nitrogens with two attached hydrogens (primary N) is 1. The fourth-order valence-electron chi connectivity index (χ4n) is 2.49. The molecule has 26 heavy (non-hydrogen) atoms. The van der Waals surface area contributed by atoms with Gasteiger partial charge in [-0.2, -0.15) is 0 Å². The Labute approximate surface area is 153 Å². The van der Waals surface area contributed by atoms with E-state index in [1.165, 1.54) is 30.6 Å². The van der Waals surface area contributed by atoms with Crippen molar-refractivity contribution in [1.82, 2.24) is 9.97 Å². The first kappa shape index (κ1) is 17.9. The molecule has 0 fully saturated rings. The molecule has 1 aliphatic heterocycles. The number of aromatic nitrogens is 2. The molecule has 3 N–H and O–H groups in total. The van der Waals surface area contributed by atoms with Crippen molar-refractivity contribution in [3.05, 3.63) is 47.1 Å². The number of halogens is 2. The predicted molar refractivity (Wildman–Crippen MR) is 92.6 cm³/mol. The Hall–Kier alpha value is -2.94. The standard InChI is InChI=1S/C16H15ClFN5O3/c1-16(4-5-25-14(19)23-16)10-6-9(2-3-11(10)18)22-15(24)26-13-8-20-12(17)7-21-13/h2-3,6-8H,4-5H2,1H3,(H2,19,23)(H,22,24)/t16-/m0/s1. The van der Waals surface area contributed by atoms with Crippen LogP contribution in [0.2, 0.25) is 5.15 Å². The van der Waals surface area contributed by atoms with Gasteiger partial charge in [-0.3, -0.25) is 5.32 Å². The third-order valence-electron chi connectivity index (χ3n) is 3.78. The van der Waals surface area contributed by atoms with Crippen molar-refractivity contribution in [1.29, 1.82) is 0 Å². The van der Waals surface area contributed by atoms with E-state index in [1.54, 1.807) is 6.92 Å². The predicted octanol–water partition coefficient (Wildman–Crippen LogP) is 2.83. The summed E-state index contributed by atoms with van der Waals surface area (Å²) in [6, 6.07) is 4.12. The molecule has 136 valence electrons. The summed E-state index contributed by atoms with van der Waals surface area (Å²) in [5, 5.41) is 2.67. The topological polar surface area (TPSA) is 112 Å². The number of carbonyl (C=O) groups excluding carboxylic acids is 1. The largest absolute Gasteiger partial charge is 0.465 e. The Balaban J connectivity index is 1.78. The smallest absolute Gasteiger partial charge is 0.418 e. The maximum atomic E-state index is 14.3. The van der Waals surface area contributed by atoms with E-state index >= 15 is 0 Å². The molecule has 0 unspecified atom stereocenters. The van der Waals surface area contributed by atoms with Crippen molar-refractivity contribution < 1.29 is 18.7 Å². The second-order valence-corrected chi connectivity index (χ2v) is 6.10. The van der Waals surface area contributed by atoms with Crippen LogP contribution < -0.4 is 15.8 Å². The summed E-state index contributed by atoms with van der Waals surface area (Å²) in [5.74, 6) is -0.489. The number of aliphatic imine (C=N–C) groups is 1. The van der Waals surface area contributed by atoms with E-state index in [9.17, 15) is 9.18 Å². The lowest BCUT2D eigenvalue weighted by Crippen LogP contribution is -2.34. The van der Waals surface area contributed by atoms with E-state index in [0.717, 1.165) is 0 Å². The molecule has 1 aliphatic rings. The molecule has 0 spiro atoms. The second kappa shape index (κ2) is 7.12. The molecule has 1 aromatic heterocycles. The first-order valence-electron chi connectivity index (χ1n) is 7.60. The first-order chi connectivity index (χ1) is 12.4. The SMILES string of the molecule is C[C@@]1(c2cc(NC(=O)Oc3cnc(Cl)cn3)ccc2F)CCOC(N)=N1. The quantitative estimate of drug-likeness (QED) is 0.848. The monoisotopic (exact) mass is 379 g/mol. The minimum absolute atomic E-state index is 0.00256. The third-order valence-corrected chi connectivity index (χ3v) is 3.98. The summed E-state index contributed by atoms with van der Waals surface area (Å²) in [6.07, 6.45) is 2.09.